The molecule has 4 atom stereocenters. The van der Waals surface area contributed by atoms with E-state index in [4.69, 9.17) is 0 Å². The SMILES string of the molecule is CNCc1ccc(O)c2c1C[C@@]1(CNC3CC3)C[C@H]3[C@H](N(C)C)C(O)=C(C(C)=O)C(=O)[C@@]3(O)C(O)=C1C2=O. The van der Waals surface area contributed by atoms with Crippen LogP contribution in [-0.4, -0.2) is 88.0 Å². The molecule has 0 unspecified atom stereocenters. The molecule has 6 N–H and O–H groups in total. The van der Waals surface area contributed by atoms with Crippen LogP contribution in [0.15, 0.2) is 34.8 Å². The molecule has 4 aliphatic rings. The van der Waals surface area contributed by atoms with Crippen molar-refractivity contribution in [1.29, 1.82) is 0 Å². The van der Waals surface area contributed by atoms with Crippen LogP contribution >= 0.6 is 0 Å². The lowest BCUT2D eigenvalue weighted by molar-refractivity contribution is -0.150. The van der Waals surface area contributed by atoms with Crippen LogP contribution in [0.4, 0.5) is 0 Å². The molecule has 0 amide bonds. The number of benzene rings is 1. The fraction of sp³-hybridized carbons (Fsp3) is 0.536. The number of rotatable bonds is 7. The zero-order valence-electron chi connectivity index (χ0n) is 22.1. The van der Waals surface area contributed by atoms with Gasteiger partial charge in [0.25, 0.3) is 0 Å². The molecule has 0 saturated heterocycles. The molecule has 0 radical (unpaired) electrons. The molecule has 0 heterocycles. The molecule has 1 saturated carbocycles. The summed E-state index contributed by atoms with van der Waals surface area (Å²) in [7, 11) is 5.10. The first-order chi connectivity index (χ1) is 17.9. The Hall–Kier alpha value is -3.05. The Kier molecular flexibility index (Phi) is 6.30. The third-order valence-corrected chi connectivity index (χ3v) is 8.71. The first-order valence-corrected chi connectivity index (χ1v) is 13.0. The van der Waals surface area contributed by atoms with Crippen molar-refractivity contribution in [2.24, 2.45) is 11.3 Å². The molecule has 204 valence electrons. The molecular weight excluding hydrogens is 490 g/mol. The summed E-state index contributed by atoms with van der Waals surface area (Å²) in [6, 6.07) is 2.49. The fourth-order valence-electron chi connectivity index (χ4n) is 6.81. The molecule has 5 rings (SSSR count). The Balaban J connectivity index is 1.79. The van der Waals surface area contributed by atoms with E-state index in [2.05, 4.69) is 10.6 Å². The lowest BCUT2D eigenvalue weighted by atomic mass is 9.52. The van der Waals surface area contributed by atoms with Crippen LogP contribution in [0.1, 0.15) is 47.7 Å². The number of carbonyl (C=O) groups excluding carboxylic acids is 3. The van der Waals surface area contributed by atoms with Gasteiger partial charge in [0.05, 0.1) is 11.6 Å². The highest BCUT2D eigenvalue weighted by atomic mass is 16.3. The lowest BCUT2D eigenvalue weighted by Gasteiger charge is -2.54. The highest BCUT2D eigenvalue weighted by Crippen LogP contribution is 2.57. The number of nitrogens with zero attached hydrogens (tertiary/aromatic N) is 1. The minimum atomic E-state index is -2.59. The van der Waals surface area contributed by atoms with Gasteiger partial charge in [-0.3, -0.25) is 19.3 Å². The normalized spacial score (nSPS) is 30.9. The van der Waals surface area contributed by atoms with Gasteiger partial charge >= 0.3 is 0 Å². The lowest BCUT2D eigenvalue weighted by Crippen LogP contribution is -2.66. The van der Waals surface area contributed by atoms with Crippen LogP contribution in [0.3, 0.4) is 0 Å². The van der Waals surface area contributed by atoms with Crippen LogP contribution in [0.2, 0.25) is 0 Å². The van der Waals surface area contributed by atoms with Crippen molar-refractivity contribution in [3.63, 3.8) is 0 Å². The molecule has 10 heteroatoms. The predicted molar refractivity (Wildman–Crippen MR) is 138 cm³/mol. The molecule has 38 heavy (non-hydrogen) atoms. The average Bonchev–Trinajstić information content (AvgIpc) is 3.66. The predicted octanol–water partition coefficient (Wildman–Crippen LogP) is 1.07. The molecule has 0 bridgehead atoms. The zero-order valence-corrected chi connectivity index (χ0v) is 22.1. The highest BCUT2D eigenvalue weighted by molar-refractivity contribution is 6.25. The number of likely N-dealkylation sites (N-methyl/N-ethyl adjacent to an activating group) is 1. The largest absolute Gasteiger partial charge is 0.510 e. The summed E-state index contributed by atoms with van der Waals surface area (Å²) in [6.07, 6.45) is 2.31. The fourth-order valence-corrected chi connectivity index (χ4v) is 6.81. The Morgan fingerprint density at radius 1 is 1.16 bits per heavy atom. The number of Topliss-reactive ketones (excluding diaryl/α,β-unsaturated/α-hetero) is 3. The maximum atomic E-state index is 14.1. The average molecular weight is 526 g/mol. The van der Waals surface area contributed by atoms with Gasteiger partial charge < -0.3 is 31.1 Å². The number of phenolic OH excluding ortho intramolecular Hbond substituents is 1. The molecule has 1 fully saturated rings. The smallest absolute Gasteiger partial charge is 0.209 e. The minimum Gasteiger partial charge on any atom is -0.510 e. The third kappa shape index (κ3) is 3.65. The van der Waals surface area contributed by atoms with Gasteiger partial charge in [0.1, 0.15) is 22.8 Å². The van der Waals surface area contributed by atoms with E-state index < -0.39 is 57.4 Å². The quantitative estimate of drug-likeness (QED) is 0.284. The Morgan fingerprint density at radius 3 is 2.42 bits per heavy atom. The molecule has 0 spiro atoms. The third-order valence-electron chi connectivity index (χ3n) is 8.71. The van der Waals surface area contributed by atoms with Crippen molar-refractivity contribution in [2.75, 3.05) is 27.7 Å². The summed E-state index contributed by atoms with van der Waals surface area (Å²) in [5, 5.41) is 52.1. The van der Waals surface area contributed by atoms with Crippen molar-refractivity contribution in [3.8, 4) is 5.75 Å². The summed E-state index contributed by atoms with van der Waals surface area (Å²) in [5.74, 6) is -5.05. The van der Waals surface area contributed by atoms with Crippen LogP contribution in [0.5, 0.6) is 5.75 Å². The van der Waals surface area contributed by atoms with Gasteiger partial charge in [0.15, 0.2) is 17.2 Å². The van der Waals surface area contributed by atoms with E-state index >= 15 is 0 Å². The second-order valence-corrected chi connectivity index (χ2v) is 11.4. The number of aliphatic hydroxyl groups excluding tert-OH is 2. The number of hydrogen-bond donors (Lipinski definition) is 6. The van der Waals surface area contributed by atoms with E-state index in [1.165, 1.54) is 6.07 Å². The van der Waals surface area contributed by atoms with Crippen LogP contribution < -0.4 is 10.6 Å². The van der Waals surface area contributed by atoms with Crippen LogP contribution in [0, 0.1) is 11.3 Å². The van der Waals surface area contributed by atoms with E-state index in [-0.39, 0.29) is 35.8 Å². The Morgan fingerprint density at radius 2 is 1.84 bits per heavy atom. The first kappa shape index (κ1) is 26.6. The Labute approximate surface area is 221 Å². The summed E-state index contributed by atoms with van der Waals surface area (Å²) in [6.45, 7) is 1.85. The maximum Gasteiger partial charge on any atom is 0.209 e. The molecule has 10 nitrogen and oxygen atoms in total. The van der Waals surface area contributed by atoms with Gasteiger partial charge in [0, 0.05) is 36.0 Å². The zero-order chi connectivity index (χ0) is 27.7. The number of aromatic hydroxyl groups is 1. The van der Waals surface area contributed by atoms with Crippen molar-refractivity contribution < 1.29 is 34.8 Å². The van der Waals surface area contributed by atoms with E-state index in [0.717, 1.165) is 25.3 Å². The van der Waals surface area contributed by atoms with E-state index in [1.54, 1.807) is 32.1 Å². The Bertz CT molecular complexity index is 1310. The van der Waals surface area contributed by atoms with Gasteiger partial charge in [-0.25, -0.2) is 0 Å². The number of phenols is 1. The van der Waals surface area contributed by atoms with Gasteiger partial charge in [-0.2, -0.15) is 0 Å². The van der Waals surface area contributed by atoms with Crippen LogP contribution in [-0.2, 0) is 22.6 Å². The van der Waals surface area contributed by atoms with Gasteiger partial charge in [-0.05, 0) is 70.9 Å². The number of aliphatic hydroxyl groups is 3. The van der Waals surface area contributed by atoms with Crippen molar-refractivity contribution in [1.82, 2.24) is 15.5 Å². The first-order valence-electron chi connectivity index (χ1n) is 13.0. The monoisotopic (exact) mass is 525 g/mol. The van der Waals surface area contributed by atoms with Gasteiger partial charge in [-0.1, -0.05) is 6.07 Å². The number of ketones is 3. The molecule has 0 aromatic heterocycles. The van der Waals surface area contributed by atoms with Gasteiger partial charge in [0.2, 0.25) is 5.78 Å². The highest BCUT2D eigenvalue weighted by Gasteiger charge is 2.66. The maximum absolute atomic E-state index is 14.1. The summed E-state index contributed by atoms with van der Waals surface area (Å²) in [4.78, 5) is 41.8. The molecule has 1 aromatic rings. The molecule has 0 aliphatic heterocycles. The van der Waals surface area contributed by atoms with Gasteiger partial charge in [-0.15, -0.1) is 0 Å². The van der Waals surface area contributed by atoms with E-state index in [9.17, 15) is 34.8 Å². The second-order valence-electron chi connectivity index (χ2n) is 11.4. The number of nitrogens with one attached hydrogen (secondary N) is 2. The standard InChI is InChI=1S/C28H35N3O7/c1-13(32)19-24(35)22(31(3)4)17-10-27(12-30-15-6-7-15)9-16-14(11-29-2)5-8-18(33)20(16)23(34)21(27)26(37)28(17,38)25(19)36/h5,8,15,17,22,29-30,33,35,37-38H,6-7,9-12H2,1-4H3/t17-,22-,27-,28+/m0/s1. The van der Waals surface area contributed by atoms with Crippen molar-refractivity contribution >= 4 is 17.3 Å². The van der Waals surface area contributed by atoms with Crippen LogP contribution in [0.25, 0.3) is 0 Å². The number of hydrogen-bond acceptors (Lipinski definition) is 10. The van der Waals surface area contributed by atoms with Crippen molar-refractivity contribution in [3.05, 3.63) is 51.5 Å². The summed E-state index contributed by atoms with van der Waals surface area (Å²) >= 11 is 0. The molecule has 1 aromatic carbocycles. The van der Waals surface area contributed by atoms with E-state index in [0.29, 0.717) is 18.7 Å². The molecule has 4 aliphatic carbocycles. The molecular formula is C28H35N3O7. The number of carbonyl (C=O) groups is 3. The number of fused-ring (bicyclic) bond motifs is 3. The van der Waals surface area contributed by atoms with Crippen molar-refractivity contribution in [2.45, 2.75) is 56.8 Å². The van der Waals surface area contributed by atoms with E-state index in [1.807, 2.05) is 0 Å². The summed E-state index contributed by atoms with van der Waals surface area (Å²) < 4.78 is 0. The second kappa shape index (κ2) is 9.01. The minimum absolute atomic E-state index is 0.0426. The summed E-state index contributed by atoms with van der Waals surface area (Å²) in [5.41, 5.74) is -2.81. The topological polar surface area (TPSA) is 159 Å².